The van der Waals surface area contributed by atoms with Crippen LogP contribution < -0.4 is 0 Å². The molecule has 0 aliphatic heterocycles. The van der Waals surface area contributed by atoms with E-state index in [4.69, 9.17) is 13.8 Å². The number of benzene rings is 2. The first kappa shape index (κ1) is 20.5. The number of Topliss-reactive ketones (excluding diaryl/α,β-unsaturated/α-hetero) is 1. The summed E-state index contributed by atoms with van der Waals surface area (Å²) in [6, 6.07) is 18.3. The van der Waals surface area contributed by atoms with Gasteiger partial charge in [-0.25, -0.2) is 0 Å². The van der Waals surface area contributed by atoms with Crippen LogP contribution in [0.5, 0.6) is 0 Å². The summed E-state index contributed by atoms with van der Waals surface area (Å²) >= 11 is 0. The van der Waals surface area contributed by atoms with Crippen molar-refractivity contribution in [2.45, 2.75) is 18.9 Å². The van der Waals surface area contributed by atoms with Crippen molar-refractivity contribution in [3.8, 4) is 0 Å². The average molecular weight is 376 g/mol. The predicted molar refractivity (Wildman–Crippen MR) is 102 cm³/mol. The number of ketones is 1. The van der Waals surface area contributed by atoms with Crippen molar-refractivity contribution >= 4 is 13.4 Å². The fourth-order valence-corrected chi connectivity index (χ4v) is 4.04. The first-order chi connectivity index (χ1) is 12.5. The summed E-state index contributed by atoms with van der Waals surface area (Å²) in [5.74, 6) is -0.176. The SMILES string of the molecule is CCOC(CCP(=O)(OC)OC)(C(=O)c1ccccc1)c1ccccc1. The summed E-state index contributed by atoms with van der Waals surface area (Å²) in [7, 11) is -0.602. The minimum atomic E-state index is -3.29. The molecule has 0 fully saturated rings. The van der Waals surface area contributed by atoms with Crippen LogP contribution in [0.25, 0.3) is 0 Å². The normalized spacial score (nSPS) is 14.0. The summed E-state index contributed by atoms with van der Waals surface area (Å²) in [5, 5.41) is 0. The van der Waals surface area contributed by atoms with Crippen LogP contribution in [0.2, 0.25) is 0 Å². The van der Waals surface area contributed by atoms with Gasteiger partial charge in [0.15, 0.2) is 11.4 Å². The van der Waals surface area contributed by atoms with Crippen LogP contribution in [0.3, 0.4) is 0 Å². The third kappa shape index (κ3) is 4.49. The lowest BCUT2D eigenvalue weighted by molar-refractivity contribution is -0.0267. The average Bonchev–Trinajstić information content (AvgIpc) is 2.71. The van der Waals surface area contributed by atoms with Crippen LogP contribution in [0, 0.1) is 0 Å². The number of carbonyl (C=O) groups is 1. The van der Waals surface area contributed by atoms with Crippen LogP contribution in [0.15, 0.2) is 60.7 Å². The molecule has 5 nitrogen and oxygen atoms in total. The maximum absolute atomic E-state index is 13.5. The molecule has 2 aromatic carbocycles. The van der Waals surface area contributed by atoms with Crippen LogP contribution in [-0.2, 0) is 24.0 Å². The fourth-order valence-electron chi connectivity index (χ4n) is 2.94. The van der Waals surface area contributed by atoms with Gasteiger partial charge in [0, 0.05) is 26.4 Å². The van der Waals surface area contributed by atoms with E-state index in [0.29, 0.717) is 12.2 Å². The molecule has 0 aliphatic carbocycles. The van der Waals surface area contributed by atoms with Crippen molar-refractivity contribution < 1.29 is 23.1 Å². The second-order valence-corrected chi connectivity index (χ2v) is 8.17. The van der Waals surface area contributed by atoms with Gasteiger partial charge in [-0.2, -0.15) is 0 Å². The highest BCUT2D eigenvalue weighted by atomic mass is 31.2. The molecule has 0 spiro atoms. The van der Waals surface area contributed by atoms with Crippen molar-refractivity contribution in [3.05, 3.63) is 71.8 Å². The Balaban J connectivity index is 2.51. The van der Waals surface area contributed by atoms with Gasteiger partial charge < -0.3 is 13.8 Å². The Hall–Kier alpha value is -1.78. The Bertz CT molecular complexity index is 739. The molecule has 0 amide bonds. The molecule has 2 aromatic rings. The number of carbonyl (C=O) groups excluding carboxylic acids is 1. The van der Waals surface area contributed by atoms with E-state index in [1.165, 1.54) is 14.2 Å². The first-order valence-corrected chi connectivity index (χ1v) is 10.2. The molecule has 0 bridgehead atoms. The van der Waals surface area contributed by atoms with E-state index in [9.17, 15) is 9.36 Å². The summed E-state index contributed by atoms with van der Waals surface area (Å²) in [6.45, 7) is 2.17. The number of ether oxygens (including phenoxy) is 1. The van der Waals surface area contributed by atoms with Gasteiger partial charge in [-0.1, -0.05) is 60.7 Å². The topological polar surface area (TPSA) is 61.8 Å². The number of hydrogen-bond donors (Lipinski definition) is 0. The van der Waals surface area contributed by atoms with Gasteiger partial charge in [0.05, 0.1) is 6.16 Å². The van der Waals surface area contributed by atoms with Gasteiger partial charge in [0.25, 0.3) is 0 Å². The summed E-state index contributed by atoms with van der Waals surface area (Å²) in [6.07, 6.45) is 0.241. The molecule has 0 heterocycles. The van der Waals surface area contributed by atoms with Crippen LogP contribution >= 0.6 is 7.60 Å². The largest absolute Gasteiger partial charge is 0.362 e. The summed E-state index contributed by atoms with van der Waals surface area (Å²) < 4.78 is 28.7. The molecule has 140 valence electrons. The minimum absolute atomic E-state index is 0.0630. The zero-order valence-electron chi connectivity index (χ0n) is 15.4. The van der Waals surface area contributed by atoms with E-state index >= 15 is 0 Å². The highest BCUT2D eigenvalue weighted by molar-refractivity contribution is 7.53. The van der Waals surface area contributed by atoms with E-state index in [0.717, 1.165) is 5.56 Å². The Morgan fingerprint density at radius 1 is 0.962 bits per heavy atom. The molecule has 0 aliphatic rings. The standard InChI is InChI=1S/C20H25O5P/c1-4-25-20(18-13-9-6-10-14-18,15-16-26(22,23-2)24-3)19(21)17-11-7-5-8-12-17/h5-14H,4,15-16H2,1-3H3. The zero-order chi connectivity index (χ0) is 19.0. The van der Waals surface area contributed by atoms with E-state index in [2.05, 4.69) is 0 Å². The maximum atomic E-state index is 13.5. The third-order valence-electron chi connectivity index (χ3n) is 4.33. The molecule has 0 saturated heterocycles. The van der Waals surface area contributed by atoms with Crippen molar-refractivity contribution in [2.24, 2.45) is 0 Å². The fraction of sp³-hybridized carbons (Fsp3) is 0.350. The van der Waals surface area contributed by atoms with E-state index in [1.807, 2.05) is 55.5 Å². The highest BCUT2D eigenvalue weighted by Crippen LogP contribution is 2.49. The quantitative estimate of drug-likeness (QED) is 0.445. The van der Waals surface area contributed by atoms with Gasteiger partial charge in [-0.3, -0.25) is 9.36 Å². The second-order valence-electron chi connectivity index (χ2n) is 5.77. The lowest BCUT2D eigenvalue weighted by Crippen LogP contribution is -2.40. The lowest BCUT2D eigenvalue weighted by atomic mass is 9.83. The Morgan fingerprint density at radius 2 is 1.50 bits per heavy atom. The molecule has 1 unspecified atom stereocenters. The summed E-state index contributed by atoms with van der Waals surface area (Å²) in [4.78, 5) is 13.5. The summed E-state index contributed by atoms with van der Waals surface area (Å²) in [5.41, 5.74) is -0.00620. The second kappa shape index (κ2) is 9.24. The molecule has 0 aromatic heterocycles. The first-order valence-electron chi connectivity index (χ1n) is 8.51. The van der Waals surface area contributed by atoms with Gasteiger partial charge >= 0.3 is 7.60 Å². The molecule has 1 atom stereocenters. The predicted octanol–water partition coefficient (Wildman–Crippen LogP) is 4.68. The van der Waals surface area contributed by atoms with Crippen molar-refractivity contribution in [2.75, 3.05) is 27.0 Å². The van der Waals surface area contributed by atoms with Crippen molar-refractivity contribution in [1.29, 1.82) is 0 Å². The Morgan fingerprint density at radius 3 is 2.00 bits per heavy atom. The highest BCUT2D eigenvalue weighted by Gasteiger charge is 2.43. The van der Waals surface area contributed by atoms with E-state index < -0.39 is 13.2 Å². The van der Waals surface area contributed by atoms with Crippen molar-refractivity contribution in [1.82, 2.24) is 0 Å². The maximum Gasteiger partial charge on any atom is 0.330 e. The van der Waals surface area contributed by atoms with E-state index in [1.54, 1.807) is 12.1 Å². The number of rotatable bonds is 10. The minimum Gasteiger partial charge on any atom is -0.362 e. The number of hydrogen-bond acceptors (Lipinski definition) is 5. The molecule has 6 heteroatoms. The van der Waals surface area contributed by atoms with Gasteiger partial charge in [-0.15, -0.1) is 0 Å². The van der Waals surface area contributed by atoms with Crippen LogP contribution in [-0.4, -0.2) is 32.8 Å². The Labute approximate surface area is 154 Å². The van der Waals surface area contributed by atoms with Crippen LogP contribution in [0.1, 0.15) is 29.3 Å². The van der Waals surface area contributed by atoms with Gasteiger partial charge in [0.2, 0.25) is 0 Å². The smallest absolute Gasteiger partial charge is 0.330 e. The Kier molecular flexibility index (Phi) is 7.30. The zero-order valence-corrected chi connectivity index (χ0v) is 16.3. The molecule has 2 rings (SSSR count). The molecular formula is C20H25O5P. The third-order valence-corrected chi connectivity index (χ3v) is 6.21. The monoisotopic (exact) mass is 376 g/mol. The van der Waals surface area contributed by atoms with E-state index in [-0.39, 0.29) is 18.4 Å². The van der Waals surface area contributed by atoms with Crippen LogP contribution in [0.4, 0.5) is 0 Å². The molecular weight excluding hydrogens is 351 g/mol. The van der Waals surface area contributed by atoms with Crippen molar-refractivity contribution in [3.63, 3.8) is 0 Å². The molecule has 26 heavy (non-hydrogen) atoms. The molecule has 0 radical (unpaired) electrons. The van der Waals surface area contributed by atoms with Gasteiger partial charge in [-0.05, 0) is 18.9 Å². The molecule has 0 N–H and O–H groups in total. The molecule has 0 saturated carbocycles. The lowest BCUT2D eigenvalue weighted by Gasteiger charge is -2.33. The van der Waals surface area contributed by atoms with Gasteiger partial charge in [0.1, 0.15) is 0 Å².